The van der Waals surface area contributed by atoms with Crippen molar-refractivity contribution in [2.45, 2.75) is 102 Å². The molecule has 0 radical (unpaired) electrons. The summed E-state index contributed by atoms with van der Waals surface area (Å²) in [6.45, 7) is 20.4. The Kier molecular flexibility index (Phi) is 5.27. The summed E-state index contributed by atoms with van der Waals surface area (Å²) >= 11 is 0. The highest BCUT2D eigenvalue weighted by Gasteiger charge is 2.65. The maximum atomic E-state index is 12.0. The zero-order valence-electron chi connectivity index (χ0n) is 18.3. The van der Waals surface area contributed by atoms with E-state index in [1.165, 1.54) is 0 Å². The second-order valence-corrected chi connectivity index (χ2v) is 20.6. The minimum atomic E-state index is -2.81. The van der Waals surface area contributed by atoms with Crippen molar-refractivity contribution in [2.24, 2.45) is 5.92 Å². The minimum absolute atomic E-state index is 0.0974. The van der Waals surface area contributed by atoms with Gasteiger partial charge in [0, 0.05) is 10.1 Å². The molecular weight excluding hydrogens is 380 g/mol. The van der Waals surface area contributed by atoms with E-state index >= 15 is 0 Å². The third kappa shape index (κ3) is 3.81. The van der Waals surface area contributed by atoms with E-state index in [-0.39, 0.29) is 46.6 Å². The van der Waals surface area contributed by atoms with Crippen LogP contribution in [-0.4, -0.2) is 54.1 Å². The fraction of sp³-hybridized carbons (Fsp3) is 0.947. The summed E-state index contributed by atoms with van der Waals surface area (Å²) < 4.78 is 31.6. The molecule has 2 bridgehead atoms. The lowest BCUT2D eigenvalue weighted by molar-refractivity contribution is -0.191. The van der Waals surface area contributed by atoms with E-state index in [2.05, 4.69) is 61.2 Å². The molecule has 0 saturated carbocycles. The average molecular weight is 417 g/mol. The first-order chi connectivity index (χ1) is 12.1. The highest BCUT2D eigenvalue weighted by atomic mass is 28.4. The molecule has 3 heterocycles. The van der Waals surface area contributed by atoms with Crippen molar-refractivity contribution in [1.82, 2.24) is 0 Å². The summed E-state index contributed by atoms with van der Waals surface area (Å²) in [4.78, 5) is 12.0. The molecule has 0 aromatic heterocycles. The number of carbonyl (C=O) groups excluding carboxylic acids is 1. The number of rotatable bonds is 4. The van der Waals surface area contributed by atoms with Crippen LogP contribution in [0.3, 0.4) is 0 Å². The molecule has 0 amide bonds. The normalized spacial score (nSPS) is 34.6. The molecule has 0 aromatic carbocycles. The maximum Gasteiger partial charge on any atom is 0.339 e. The molecule has 0 aliphatic carbocycles. The van der Waals surface area contributed by atoms with Gasteiger partial charge >= 0.3 is 14.5 Å². The molecule has 0 aromatic rings. The van der Waals surface area contributed by atoms with Crippen molar-refractivity contribution in [3.8, 4) is 0 Å². The molecule has 0 unspecified atom stereocenters. The van der Waals surface area contributed by atoms with Crippen LogP contribution in [-0.2, 0) is 27.5 Å². The van der Waals surface area contributed by atoms with Gasteiger partial charge in [-0.05, 0) is 19.6 Å². The van der Waals surface area contributed by atoms with Crippen LogP contribution in [0.1, 0.15) is 48.0 Å². The van der Waals surface area contributed by atoms with Crippen LogP contribution in [0, 0.1) is 5.92 Å². The zero-order chi connectivity index (χ0) is 20.4. The van der Waals surface area contributed by atoms with Gasteiger partial charge in [0.1, 0.15) is 18.3 Å². The predicted molar refractivity (Wildman–Crippen MR) is 107 cm³/mol. The fourth-order valence-electron chi connectivity index (χ4n) is 4.78. The smallest absolute Gasteiger partial charge is 0.339 e. The molecule has 3 aliphatic heterocycles. The summed E-state index contributed by atoms with van der Waals surface area (Å²) in [7, 11) is -4.72. The molecule has 3 fully saturated rings. The van der Waals surface area contributed by atoms with E-state index in [1.54, 1.807) is 0 Å². The molecular formula is C19H36O6Si2. The molecule has 156 valence electrons. The predicted octanol–water partition coefficient (Wildman–Crippen LogP) is 3.95. The third-order valence-corrected chi connectivity index (χ3v) is 13.7. The molecule has 6 nitrogen and oxygen atoms in total. The molecule has 27 heavy (non-hydrogen) atoms. The van der Waals surface area contributed by atoms with E-state index in [1.807, 2.05) is 0 Å². The average Bonchev–Trinajstić information content (AvgIpc) is 3.03. The van der Waals surface area contributed by atoms with Crippen LogP contribution in [0.5, 0.6) is 0 Å². The molecule has 3 saturated heterocycles. The van der Waals surface area contributed by atoms with Gasteiger partial charge in [0.25, 0.3) is 0 Å². The van der Waals surface area contributed by atoms with E-state index in [9.17, 15) is 4.79 Å². The zero-order valence-corrected chi connectivity index (χ0v) is 20.3. The van der Waals surface area contributed by atoms with Crippen LogP contribution in [0.2, 0.25) is 29.7 Å². The molecule has 0 spiro atoms. The molecule has 0 N–H and O–H groups in total. The number of hydrogen-bond acceptors (Lipinski definition) is 6. The van der Waals surface area contributed by atoms with Gasteiger partial charge in [-0.15, -0.1) is 0 Å². The van der Waals surface area contributed by atoms with Gasteiger partial charge in [-0.3, -0.25) is 4.79 Å². The topological polar surface area (TPSA) is 63.2 Å². The Bertz CT molecular complexity index is 574. The van der Waals surface area contributed by atoms with Crippen LogP contribution in [0.15, 0.2) is 0 Å². The highest BCUT2D eigenvalue weighted by molar-refractivity contribution is 6.85. The van der Waals surface area contributed by atoms with Gasteiger partial charge in [0.05, 0.1) is 18.9 Å². The second-order valence-electron chi connectivity index (χ2n) is 11.1. The van der Waals surface area contributed by atoms with Gasteiger partial charge in [-0.25, -0.2) is 0 Å². The third-order valence-electron chi connectivity index (χ3n) is 5.59. The first-order valence-electron chi connectivity index (χ1n) is 9.99. The van der Waals surface area contributed by atoms with Crippen molar-refractivity contribution in [3.05, 3.63) is 0 Å². The Morgan fingerprint density at radius 2 is 1.63 bits per heavy atom. The van der Waals surface area contributed by atoms with E-state index in [0.29, 0.717) is 13.0 Å². The van der Waals surface area contributed by atoms with Crippen molar-refractivity contribution >= 4 is 22.8 Å². The van der Waals surface area contributed by atoms with E-state index in [4.69, 9.17) is 22.8 Å². The lowest BCUT2D eigenvalue weighted by atomic mass is 9.92. The number of hydrogen-bond donors (Lipinski definition) is 0. The summed E-state index contributed by atoms with van der Waals surface area (Å²) in [5.41, 5.74) is 0. The van der Waals surface area contributed by atoms with Crippen molar-refractivity contribution in [1.29, 1.82) is 0 Å². The Balaban J connectivity index is 2.01. The number of carbonyl (C=O) groups is 1. The van der Waals surface area contributed by atoms with Crippen molar-refractivity contribution in [3.63, 3.8) is 0 Å². The first kappa shape index (κ1) is 21.5. The van der Waals surface area contributed by atoms with Crippen LogP contribution >= 0.6 is 0 Å². The summed E-state index contributed by atoms with van der Waals surface area (Å²) in [6.07, 6.45) is -0.906. The number of esters is 1. The number of ether oxygens (including phenoxy) is 3. The molecule has 3 aliphatic rings. The lowest BCUT2D eigenvalue weighted by Gasteiger charge is -2.54. The molecule has 3 rings (SSSR count). The van der Waals surface area contributed by atoms with Gasteiger partial charge < -0.3 is 22.8 Å². The Hall–Kier alpha value is -0.256. The van der Waals surface area contributed by atoms with Gasteiger partial charge in [-0.1, -0.05) is 41.5 Å². The highest BCUT2D eigenvalue weighted by Crippen LogP contribution is 2.55. The second kappa shape index (κ2) is 6.63. The Morgan fingerprint density at radius 1 is 1.04 bits per heavy atom. The largest absolute Gasteiger partial charge is 0.459 e. The molecule has 8 heteroatoms. The monoisotopic (exact) mass is 416 g/mol. The lowest BCUT2D eigenvalue weighted by Crippen LogP contribution is -2.66. The maximum absolute atomic E-state index is 12.0. The Morgan fingerprint density at radius 3 is 2.15 bits per heavy atom. The fourth-order valence-corrected chi connectivity index (χ4v) is 14.5. The Labute approximate surface area is 165 Å². The van der Waals surface area contributed by atoms with Gasteiger partial charge in [0.2, 0.25) is 0 Å². The van der Waals surface area contributed by atoms with Crippen LogP contribution < -0.4 is 0 Å². The summed E-state index contributed by atoms with van der Waals surface area (Å²) in [5, 5.41) is -0.333. The minimum Gasteiger partial charge on any atom is -0.459 e. The quantitative estimate of drug-likeness (QED) is 0.511. The standard InChI is InChI=1S/C19H36O6Si2/c1-18(2,3)27(19(4,5)6,25-26(7,8)9)24-16-13-11-21-17(22-13)12-10-14(20)23-15(12)16/h12-13,15-17H,10-11H2,1-9H3/t12-,13+,15+,16+,17+/m0/s1. The van der Waals surface area contributed by atoms with Crippen molar-refractivity contribution in [2.75, 3.05) is 6.61 Å². The number of fused-ring (bicyclic) bond motifs is 4. The first-order valence-corrected chi connectivity index (χ1v) is 15.2. The SMILES string of the molecule is CC(C)(C)[Si](O[C@H]1[C@@H]2OC(=O)C[C@@H]2[C@@H]2OC[C@H]1O2)(O[Si](C)(C)C)C(C)(C)C. The van der Waals surface area contributed by atoms with Gasteiger partial charge in [-0.2, -0.15) is 0 Å². The van der Waals surface area contributed by atoms with Gasteiger partial charge in [0.15, 0.2) is 14.6 Å². The summed E-state index contributed by atoms with van der Waals surface area (Å²) in [6, 6.07) is 0. The van der Waals surface area contributed by atoms with E-state index in [0.717, 1.165) is 0 Å². The summed E-state index contributed by atoms with van der Waals surface area (Å²) in [5.74, 6) is -0.289. The van der Waals surface area contributed by atoms with E-state index < -0.39 is 16.9 Å². The molecule has 5 atom stereocenters. The van der Waals surface area contributed by atoms with Crippen LogP contribution in [0.4, 0.5) is 0 Å². The van der Waals surface area contributed by atoms with Crippen molar-refractivity contribution < 1.29 is 27.5 Å². The van der Waals surface area contributed by atoms with Crippen LogP contribution in [0.25, 0.3) is 0 Å².